The zero-order valence-corrected chi connectivity index (χ0v) is 13.3. The van der Waals surface area contributed by atoms with Crippen LogP contribution in [0.3, 0.4) is 0 Å². The van der Waals surface area contributed by atoms with Gasteiger partial charge in [0.2, 0.25) is 0 Å². The standard InChI is InChI=1S/C15H23NO5/c1-10-11(2)21-12(3)14(10)15(18)16(8-9-19-4)7-6-13(17)20-5/h6-9H2,1-5H3. The van der Waals surface area contributed by atoms with E-state index in [1.807, 2.05) is 13.8 Å². The van der Waals surface area contributed by atoms with E-state index in [2.05, 4.69) is 4.74 Å². The Bertz CT molecular complexity index is 506. The molecule has 118 valence electrons. The Morgan fingerprint density at radius 1 is 1.10 bits per heavy atom. The fraction of sp³-hybridized carbons (Fsp3) is 0.600. The molecule has 0 radical (unpaired) electrons. The number of carbonyl (C=O) groups excluding carboxylic acids is 2. The van der Waals surface area contributed by atoms with E-state index in [0.717, 1.165) is 11.3 Å². The Hall–Kier alpha value is -1.82. The molecule has 0 aliphatic carbocycles. The Morgan fingerprint density at radius 3 is 2.24 bits per heavy atom. The lowest BCUT2D eigenvalue weighted by atomic mass is 10.1. The van der Waals surface area contributed by atoms with Crippen molar-refractivity contribution >= 4 is 11.9 Å². The van der Waals surface area contributed by atoms with Gasteiger partial charge in [-0.2, -0.15) is 0 Å². The molecule has 6 nitrogen and oxygen atoms in total. The van der Waals surface area contributed by atoms with Crippen LogP contribution in [-0.2, 0) is 14.3 Å². The molecule has 0 aliphatic heterocycles. The maximum absolute atomic E-state index is 12.7. The molecule has 6 heteroatoms. The van der Waals surface area contributed by atoms with Crippen LogP contribution in [0.15, 0.2) is 4.42 Å². The molecule has 1 rings (SSSR count). The normalized spacial score (nSPS) is 10.5. The fourth-order valence-electron chi connectivity index (χ4n) is 2.11. The third kappa shape index (κ3) is 4.32. The summed E-state index contributed by atoms with van der Waals surface area (Å²) in [6, 6.07) is 0. The topological polar surface area (TPSA) is 69.0 Å². The summed E-state index contributed by atoms with van der Waals surface area (Å²) in [5.41, 5.74) is 1.39. The van der Waals surface area contributed by atoms with Gasteiger partial charge in [0.05, 0.1) is 25.7 Å². The van der Waals surface area contributed by atoms with Crippen LogP contribution in [0, 0.1) is 20.8 Å². The largest absolute Gasteiger partial charge is 0.469 e. The minimum Gasteiger partial charge on any atom is -0.469 e. The summed E-state index contributed by atoms with van der Waals surface area (Å²) in [6.45, 7) is 6.55. The zero-order valence-electron chi connectivity index (χ0n) is 13.3. The average molecular weight is 297 g/mol. The summed E-state index contributed by atoms with van der Waals surface area (Å²) in [5, 5.41) is 0. The van der Waals surface area contributed by atoms with Crippen LogP contribution in [0.5, 0.6) is 0 Å². The third-order valence-corrected chi connectivity index (χ3v) is 3.44. The Balaban J connectivity index is 2.90. The molecule has 0 saturated heterocycles. The van der Waals surface area contributed by atoms with Crippen LogP contribution in [-0.4, -0.2) is 50.7 Å². The monoisotopic (exact) mass is 297 g/mol. The summed E-state index contributed by atoms with van der Waals surface area (Å²) in [4.78, 5) is 25.5. The van der Waals surface area contributed by atoms with Gasteiger partial charge in [0, 0.05) is 25.8 Å². The van der Waals surface area contributed by atoms with E-state index >= 15 is 0 Å². The number of rotatable bonds is 7. The molecule has 0 saturated carbocycles. The molecule has 1 amide bonds. The van der Waals surface area contributed by atoms with Crippen LogP contribution in [0.4, 0.5) is 0 Å². The molecule has 21 heavy (non-hydrogen) atoms. The van der Waals surface area contributed by atoms with Gasteiger partial charge in [-0.3, -0.25) is 9.59 Å². The quantitative estimate of drug-likeness (QED) is 0.718. The first-order chi connectivity index (χ1) is 9.92. The van der Waals surface area contributed by atoms with Gasteiger partial charge >= 0.3 is 5.97 Å². The van der Waals surface area contributed by atoms with Crippen LogP contribution in [0.25, 0.3) is 0 Å². The van der Waals surface area contributed by atoms with Crippen molar-refractivity contribution in [2.75, 3.05) is 33.9 Å². The van der Waals surface area contributed by atoms with Crippen LogP contribution < -0.4 is 0 Å². The highest BCUT2D eigenvalue weighted by Gasteiger charge is 2.24. The number of methoxy groups -OCH3 is 2. The maximum Gasteiger partial charge on any atom is 0.307 e. The molecule has 1 aromatic rings. The summed E-state index contributed by atoms with van der Waals surface area (Å²) in [7, 11) is 2.90. The summed E-state index contributed by atoms with van der Waals surface area (Å²) >= 11 is 0. The molecule has 0 fully saturated rings. The van der Waals surface area contributed by atoms with Gasteiger partial charge in [-0.25, -0.2) is 0 Å². The number of amides is 1. The second-order valence-corrected chi connectivity index (χ2v) is 4.83. The summed E-state index contributed by atoms with van der Waals surface area (Å²) in [5.74, 6) is 0.829. The van der Waals surface area contributed by atoms with E-state index in [-0.39, 0.29) is 24.8 Å². The van der Waals surface area contributed by atoms with E-state index in [9.17, 15) is 9.59 Å². The minimum absolute atomic E-state index is 0.150. The average Bonchev–Trinajstić information content (AvgIpc) is 2.71. The third-order valence-electron chi connectivity index (χ3n) is 3.44. The van der Waals surface area contributed by atoms with Crippen molar-refractivity contribution in [1.29, 1.82) is 0 Å². The number of nitrogens with zero attached hydrogens (tertiary/aromatic N) is 1. The Labute approximate surface area is 125 Å². The first kappa shape index (κ1) is 17.2. The Morgan fingerprint density at radius 2 is 1.76 bits per heavy atom. The Kier molecular flexibility index (Phi) is 6.42. The van der Waals surface area contributed by atoms with E-state index in [4.69, 9.17) is 9.15 Å². The van der Waals surface area contributed by atoms with Gasteiger partial charge < -0.3 is 18.8 Å². The highest BCUT2D eigenvalue weighted by molar-refractivity contribution is 5.97. The van der Waals surface area contributed by atoms with Gasteiger partial charge in [0.1, 0.15) is 11.5 Å². The molecule has 0 spiro atoms. The molecule has 0 N–H and O–H groups in total. The highest BCUT2D eigenvalue weighted by atomic mass is 16.5. The van der Waals surface area contributed by atoms with Crippen molar-refractivity contribution in [3.05, 3.63) is 22.6 Å². The molecular formula is C15H23NO5. The van der Waals surface area contributed by atoms with Crippen molar-refractivity contribution in [2.24, 2.45) is 0 Å². The molecule has 0 bridgehead atoms. The van der Waals surface area contributed by atoms with Crippen molar-refractivity contribution in [3.63, 3.8) is 0 Å². The summed E-state index contributed by atoms with van der Waals surface area (Å²) < 4.78 is 15.1. The first-order valence-electron chi connectivity index (χ1n) is 6.84. The molecule has 0 aromatic carbocycles. The van der Waals surface area contributed by atoms with Gasteiger partial charge in [-0.1, -0.05) is 0 Å². The predicted molar refractivity (Wildman–Crippen MR) is 77.3 cm³/mol. The fourth-order valence-corrected chi connectivity index (χ4v) is 2.11. The number of hydrogen-bond donors (Lipinski definition) is 0. The first-order valence-corrected chi connectivity index (χ1v) is 6.84. The molecule has 0 unspecified atom stereocenters. The van der Waals surface area contributed by atoms with E-state index in [1.165, 1.54) is 7.11 Å². The van der Waals surface area contributed by atoms with Crippen molar-refractivity contribution in [2.45, 2.75) is 27.2 Å². The van der Waals surface area contributed by atoms with Crippen LogP contribution in [0.2, 0.25) is 0 Å². The lowest BCUT2D eigenvalue weighted by Crippen LogP contribution is -2.36. The van der Waals surface area contributed by atoms with Gasteiger partial charge in [0.15, 0.2) is 0 Å². The van der Waals surface area contributed by atoms with Gasteiger partial charge in [-0.15, -0.1) is 0 Å². The van der Waals surface area contributed by atoms with E-state index in [0.29, 0.717) is 24.5 Å². The number of furan rings is 1. The number of hydrogen-bond acceptors (Lipinski definition) is 5. The second kappa shape index (κ2) is 7.83. The van der Waals surface area contributed by atoms with Crippen LogP contribution >= 0.6 is 0 Å². The molecular weight excluding hydrogens is 274 g/mol. The zero-order chi connectivity index (χ0) is 16.0. The SMILES string of the molecule is COCCN(CCC(=O)OC)C(=O)c1c(C)oc(C)c1C. The minimum atomic E-state index is -0.345. The van der Waals surface area contributed by atoms with Crippen molar-refractivity contribution < 1.29 is 23.5 Å². The lowest BCUT2D eigenvalue weighted by Gasteiger charge is -2.22. The lowest BCUT2D eigenvalue weighted by molar-refractivity contribution is -0.140. The number of ether oxygens (including phenoxy) is 2. The smallest absolute Gasteiger partial charge is 0.307 e. The predicted octanol–water partition coefficient (Wildman–Crippen LogP) is 1.86. The van der Waals surface area contributed by atoms with Crippen molar-refractivity contribution in [3.8, 4) is 0 Å². The molecule has 0 aliphatic rings. The molecule has 0 atom stereocenters. The van der Waals surface area contributed by atoms with Gasteiger partial charge in [-0.05, 0) is 20.8 Å². The highest BCUT2D eigenvalue weighted by Crippen LogP contribution is 2.22. The van der Waals surface area contributed by atoms with E-state index in [1.54, 1.807) is 18.9 Å². The number of aryl methyl sites for hydroxylation is 2. The second-order valence-electron chi connectivity index (χ2n) is 4.83. The maximum atomic E-state index is 12.7. The van der Waals surface area contributed by atoms with Gasteiger partial charge in [0.25, 0.3) is 5.91 Å². The molecule has 1 heterocycles. The van der Waals surface area contributed by atoms with E-state index < -0.39 is 0 Å². The molecule has 1 aromatic heterocycles. The number of esters is 1. The summed E-state index contributed by atoms with van der Waals surface area (Å²) in [6.07, 6.45) is 0.154. The number of carbonyl (C=O) groups is 2. The van der Waals surface area contributed by atoms with Crippen molar-refractivity contribution in [1.82, 2.24) is 4.90 Å². The van der Waals surface area contributed by atoms with Crippen LogP contribution in [0.1, 0.15) is 33.9 Å².